The summed E-state index contributed by atoms with van der Waals surface area (Å²) in [4.78, 5) is 0. The molecule has 1 rings (SSSR count). The zero-order chi connectivity index (χ0) is 8.65. The zero-order valence-corrected chi connectivity index (χ0v) is 8.57. The Labute approximate surface area is 79.6 Å². The second-order valence-corrected chi connectivity index (χ2v) is 3.85. The molecule has 0 atom stereocenters. The van der Waals surface area contributed by atoms with Gasteiger partial charge in [-0.2, -0.15) is 11.3 Å². The van der Waals surface area contributed by atoms with E-state index in [1.54, 1.807) is 11.3 Å². The molecule has 67 valence electrons. The normalized spacial score (nSPS) is 10.4. The van der Waals surface area contributed by atoms with Crippen molar-refractivity contribution in [1.82, 2.24) is 0 Å². The lowest BCUT2D eigenvalue weighted by molar-refractivity contribution is 0.714. The van der Waals surface area contributed by atoms with E-state index >= 15 is 0 Å². The number of hydrogen-bond acceptors (Lipinski definition) is 1. The van der Waals surface area contributed by atoms with E-state index < -0.39 is 0 Å². The van der Waals surface area contributed by atoms with E-state index in [1.807, 2.05) is 0 Å². The Bertz CT molecular complexity index is 177. The Morgan fingerprint density at radius 3 is 3.00 bits per heavy atom. The maximum atomic E-state index is 2.37. The van der Waals surface area contributed by atoms with Crippen LogP contribution in [0, 0.1) is 6.42 Å². The highest BCUT2D eigenvalue weighted by Crippen LogP contribution is 2.11. The Morgan fingerprint density at radius 1 is 1.42 bits per heavy atom. The molecule has 0 amide bonds. The highest BCUT2D eigenvalue weighted by Gasteiger charge is 1.92. The first kappa shape index (κ1) is 9.79. The van der Waals surface area contributed by atoms with Gasteiger partial charge in [-0.25, -0.2) is 0 Å². The van der Waals surface area contributed by atoms with Crippen molar-refractivity contribution in [2.24, 2.45) is 0 Å². The predicted molar refractivity (Wildman–Crippen MR) is 56.5 cm³/mol. The molecular weight excluding hydrogens is 164 g/mol. The van der Waals surface area contributed by atoms with Gasteiger partial charge in [0, 0.05) is 0 Å². The van der Waals surface area contributed by atoms with E-state index in [0.29, 0.717) is 0 Å². The summed E-state index contributed by atoms with van der Waals surface area (Å²) in [5.41, 5.74) is 1.51. The van der Waals surface area contributed by atoms with E-state index in [9.17, 15) is 0 Å². The molecule has 0 bridgehead atoms. The minimum atomic E-state index is 1.22. The summed E-state index contributed by atoms with van der Waals surface area (Å²) in [6.45, 7) is 2.21. The van der Waals surface area contributed by atoms with Crippen LogP contribution in [0.15, 0.2) is 16.8 Å². The SMILES string of the molecule is CC[CH]CCCCc1ccsc1. The van der Waals surface area contributed by atoms with Crippen molar-refractivity contribution in [3.05, 3.63) is 28.8 Å². The molecular formula is C11H17S. The average molecular weight is 181 g/mol. The fourth-order valence-corrected chi connectivity index (χ4v) is 1.96. The van der Waals surface area contributed by atoms with Crippen molar-refractivity contribution in [3.63, 3.8) is 0 Å². The van der Waals surface area contributed by atoms with E-state index in [-0.39, 0.29) is 0 Å². The summed E-state index contributed by atoms with van der Waals surface area (Å²) < 4.78 is 0. The van der Waals surface area contributed by atoms with Crippen molar-refractivity contribution in [2.45, 2.75) is 39.0 Å². The van der Waals surface area contributed by atoms with Crippen LogP contribution >= 0.6 is 11.3 Å². The molecule has 0 unspecified atom stereocenters. The first-order chi connectivity index (χ1) is 5.93. The van der Waals surface area contributed by atoms with Gasteiger partial charge in [-0.1, -0.05) is 26.2 Å². The number of aryl methyl sites for hydroxylation is 1. The number of thiophene rings is 1. The van der Waals surface area contributed by atoms with Gasteiger partial charge in [0.05, 0.1) is 0 Å². The first-order valence-electron chi connectivity index (χ1n) is 4.76. The summed E-state index contributed by atoms with van der Waals surface area (Å²) in [7, 11) is 0. The van der Waals surface area contributed by atoms with Crippen LogP contribution in [0.5, 0.6) is 0 Å². The molecule has 0 aromatic carbocycles. The number of rotatable bonds is 6. The third-order valence-corrected chi connectivity index (χ3v) is 2.72. The van der Waals surface area contributed by atoms with Crippen molar-refractivity contribution < 1.29 is 0 Å². The molecule has 0 saturated carbocycles. The topological polar surface area (TPSA) is 0 Å². The van der Waals surface area contributed by atoms with Crippen LogP contribution in [0.1, 0.15) is 38.2 Å². The molecule has 0 spiro atoms. The van der Waals surface area contributed by atoms with E-state index in [1.165, 1.54) is 37.7 Å². The van der Waals surface area contributed by atoms with Gasteiger partial charge in [0.1, 0.15) is 0 Å². The van der Waals surface area contributed by atoms with Crippen molar-refractivity contribution in [2.75, 3.05) is 0 Å². The van der Waals surface area contributed by atoms with Crippen LogP contribution in [0.3, 0.4) is 0 Å². The molecule has 0 saturated heterocycles. The largest absolute Gasteiger partial charge is 0.152 e. The lowest BCUT2D eigenvalue weighted by Gasteiger charge is -1.97. The van der Waals surface area contributed by atoms with Crippen LogP contribution in [0.4, 0.5) is 0 Å². The van der Waals surface area contributed by atoms with Gasteiger partial charge in [0.15, 0.2) is 0 Å². The van der Waals surface area contributed by atoms with Crippen LogP contribution in [-0.2, 0) is 6.42 Å². The van der Waals surface area contributed by atoms with Gasteiger partial charge >= 0.3 is 0 Å². The van der Waals surface area contributed by atoms with E-state index in [4.69, 9.17) is 0 Å². The number of unbranched alkanes of at least 4 members (excludes halogenated alkanes) is 4. The van der Waals surface area contributed by atoms with Crippen molar-refractivity contribution >= 4 is 11.3 Å². The van der Waals surface area contributed by atoms with Gasteiger partial charge in [-0.05, 0) is 41.7 Å². The monoisotopic (exact) mass is 181 g/mol. The molecule has 1 aromatic rings. The fourth-order valence-electron chi connectivity index (χ4n) is 1.26. The number of hydrogen-bond donors (Lipinski definition) is 0. The summed E-state index contributed by atoms with van der Waals surface area (Å²) >= 11 is 1.80. The minimum absolute atomic E-state index is 1.22. The highest BCUT2D eigenvalue weighted by atomic mass is 32.1. The molecule has 12 heavy (non-hydrogen) atoms. The molecule has 1 radical (unpaired) electrons. The summed E-state index contributed by atoms with van der Waals surface area (Å²) in [6, 6.07) is 2.23. The molecule has 1 heterocycles. The summed E-state index contributed by atoms with van der Waals surface area (Å²) in [5.74, 6) is 0. The first-order valence-corrected chi connectivity index (χ1v) is 5.70. The third kappa shape index (κ3) is 3.91. The fraction of sp³-hybridized carbons (Fsp3) is 0.545. The minimum Gasteiger partial charge on any atom is -0.152 e. The van der Waals surface area contributed by atoms with Gasteiger partial charge in [-0.15, -0.1) is 0 Å². The molecule has 0 fully saturated rings. The summed E-state index contributed by atoms with van der Waals surface area (Å²) in [6.07, 6.45) is 8.84. The smallest absolute Gasteiger partial charge is 0.00613 e. The third-order valence-electron chi connectivity index (χ3n) is 1.99. The summed E-state index contributed by atoms with van der Waals surface area (Å²) in [5, 5.41) is 4.41. The van der Waals surface area contributed by atoms with Crippen LogP contribution in [0.25, 0.3) is 0 Å². The van der Waals surface area contributed by atoms with Gasteiger partial charge < -0.3 is 0 Å². The second-order valence-electron chi connectivity index (χ2n) is 3.07. The molecule has 1 aromatic heterocycles. The molecule has 0 aliphatic rings. The second kappa shape index (κ2) is 6.24. The Morgan fingerprint density at radius 2 is 2.33 bits per heavy atom. The van der Waals surface area contributed by atoms with Crippen molar-refractivity contribution in [3.8, 4) is 0 Å². The van der Waals surface area contributed by atoms with Gasteiger partial charge in [-0.3, -0.25) is 0 Å². The Balaban J connectivity index is 1.96. The lowest BCUT2D eigenvalue weighted by atomic mass is 10.1. The molecule has 1 heteroatoms. The zero-order valence-electron chi connectivity index (χ0n) is 7.75. The van der Waals surface area contributed by atoms with Crippen LogP contribution in [-0.4, -0.2) is 0 Å². The standard InChI is InChI=1S/C11H17S/c1-2-3-4-5-6-7-11-8-9-12-10-11/h3,8-10H,2,4-7H2,1H3. The molecule has 0 aliphatic heterocycles. The Kier molecular flexibility index (Phi) is 5.09. The van der Waals surface area contributed by atoms with Crippen molar-refractivity contribution in [1.29, 1.82) is 0 Å². The van der Waals surface area contributed by atoms with E-state index in [0.717, 1.165) is 0 Å². The molecule has 0 aliphatic carbocycles. The highest BCUT2D eigenvalue weighted by molar-refractivity contribution is 7.07. The molecule has 0 N–H and O–H groups in total. The lowest BCUT2D eigenvalue weighted by Crippen LogP contribution is -1.82. The average Bonchev–Trinajstić information content (AvgIpc) is 2.57. The molecule has 0 nitrogen and oxygen atoms in total. The maximum absolute atomic E-state index is 2.37. The predicted octanol–water partition coefficient (Wildman–Crippen LogP) is 4.08. The maximum Gasteiger partial charge on any atom is -0.00613 e. The van der Waals surface area contributed by atoms with Crippen LogP contribution in [0.2, 0.25) is 0 Å². The van der Waals surface area contributed by atoms with Gasteiger partial charge in [0.2, 0.25) is 0 Å². The Hall–Kier alpha value is -0.300. The quantitative estimate of drug-likeness (QED) is 0.580. The van der Waals surface area contributed by atoms with Crippen LogP contribution < -0.4 is 0 Å². The van der Waals surface area contributed by atoms with E-state index in [2.05, 4.69) is 30.2 Å². The van der Waals surface area contributed by atoms with Gasteiger partial charge in [0.25, 0.3) is 0 Å².